The molecule has 1 saturated heterocycles. The molecule has 4 nitrogen and oxygen atoms in total. The van der Waals surface area contributed by atoms with E-state index in [2.05, 4.69) is 38.1 Å². The van der Waals surface area contributed by atoms with Gasteiger partial charge in [0.25, 0.3) is 5.56 Å². The molecule has 0 bridgehead atoms. The van der Waals surface area contributed by atoms with E-state index in [9.17, 15) is 4.79 Å². The fourth-order valence-electron chi connectivity index (χ4n) is 5.86. The van der Waals surface area contributed by atoms with Gasteiger partial charge in [-0.05, 0) is 51.5 Å². The first-order chi connectivity index (χ1) is 13.5. The van der Waals surface area contributed by atoms with E-state index in [1.165, 1.54) is 24.8 Å². The molecule has 2 aromatic rings. The molecule has 1 saturated carbocycles. The largest absolute Gasteiger partial charge is 0.375 e. The van der Waals surface area contributed by atoms with Crippen LogP contribution < -0.4 is 5.56 Å². The molecule has 4 heteroatoms. The molecule has 2 aliphatic carbocycles. The van der Waals surface area contributed by atoms with Crippen LogP contribution in [0.5, 0.6) is 0 Å². The molecule has 0 amide bonds. The van der Waals surface area contributed by atoms with Crippen molar-refractivity contribution in [3.8, 4) is 11.3 Å². The Morgan fingerprint density at radius 2 is 1.93 bits per heavy atom. The second-order valence-electron chi connectivity index (χ2n) is 9.61. The van der Waals surface area contributed by atoms with Crippen LogP contribution in [0.3, 0.4) is 0 Å². The molecule has 2 heterocycles. The predicted molar refractivity (Wildman–Crippen MR) is 111 cm³/mol. The maximum Gasteiger partial charge on any atom is 0.257 e. The van der Waals surface area contributed by atoms with Crippen LogP contribution in [0.15, 0.2) is 35.4 Å². The Morgan fingerprint density at radius 1 is 1.14 bits per heavy atom. The van der Waals surface area contributed by atoms with Crippen LogP contribution in [-0.4, -0.2) is 21.8 Å². The summed E-state index contributed by atoms with van der Waals surface area (Å²) in [5.41, 5.74) is 4.43. The van der Waals surface area contributed by atoms with Crippen LogP contribution in [0.4, 0.5) is 0 Å². The lowest BCUT2D eigenvalue weighted by Gasteiger charge is -2.42. The van der Waals surface area contributed by atoms with Crippen LogP contribution in [0.1, 0.15) is 76.0 Å². The molecular weight excluding hydrogens is 348 g/mol. The van der Waals surface area contributed by atoms with Crippen molar-refractivity contribution in [2.24, 2.45) is 0 Å². The topological polar surface area (TPSA) is 44.1 Å². The molecule has 1 atom stereocenters. The van der Waals surface area contributed by atoms with Gasteiger partial charge in [0, 0.05) is 23.6 Å². The Morgan fingerprint density at radius 3 is 2.71 bits per heavy atom. The third kappa shape index (κ3) is 2.85. The molecule has 0 N–H and O–H groups in total. The maximum absolute atomic E-state index is 13.9. The molecule has 5 rings (SSSR count). The van der Waals surface area contributed by atoms with Gasteiger partial charge in [0.15, 0.2) is 0 Å². The zero-order chi connectivity index (χ0) is 19.4. The predicted octanol–water partition coefficient (Wildman–Crippen LogP) is 4.80. The Kier molecular flexibility index (Phi) is 4.24. The average Bonchev–Trinajstić information content (AvgIpc) is 2.68. The summed E-state index contributed by atoms with van der Waals surface area (Å²) in [5, 5.41) is 0. The van der Waals surface area contributed by atoms with Crippen molar-refractivity contribution in [1.29, 1.82) is 0 Å². The lowest BCUT2D eigenvalue weighted by atomic mass is 9.62. The van der Waals surface area contributed by atoms with E-state index in [1.54, 1.807) is 0 Å². The van der Waals surface area contributed by atoms with E-state index in [1.807, 2.05) is 10.9 Å². The fourth-order valence-corrected chi connectivity index (χ4v) is 5.86. The molecule has 28 heavy (non-hydrogen) atoms. The summed E-state index contributed by atoms with van der Waals surface area (Å²) in [6.45, 7) is 4.94. The molecule has 0 unspecified atom stereocenters. The van der Waals surface area contributed by atoms with Crippen molar-refractivity contribution in [2.45, 2.75) is 82.3 Å². The van der Waals surface area contributed by atoms with E-state index in [0.29, 0.717) is 6.61 Å². The third-order valence-electron chi connectivity index (χ3n) is 7.20. The van der Waals surface area contributed by atoms with E-state index < -0.39 is 0 Å². The smallest absolute Gasteiger partial charge is 0.257 e. The van der Waals surface area contributed by atoms with Gasteiger partial charge in [0.05, 0.1) is 23.2 Å². The number of nitrogens with zero attached hydrogens (tertiary/aromatic N) is 2. The Balaban J connectivity index is 1.68. The highest BCUT2D eigenvalue weighted by molar-refractivity contribution is 5.71. The van der Waals surface area contributed by atoms with Gasteiger partial charge in [-0.15, -0.1) is 0 Å². The summed E-state index contributed by atoms with van der Waals surface area (Å²) in [4.78, 5) is 18.8. The summed E-state index contributed by atoms with van der Waals surface area (Å²) in [6.07, 6.45) is 10.4. The Hall–Kier alpha value is -1.94. The van der Waals surface area contributed by atoms with Crippen molar-refractivity contribution in [2.75, 3.05) is 6.61 Å². The number of ether oxygens (including phenoxy) is 1. The summed E-state index contributed by atoms with van der Waals surface area (Å²) in [6, 6.07) is 8.72. The lowest BCUT2D eigenvalue weighted by Crippen LogP contribution is -2.45. The number of hydrogen-bond donors (Lipinski definition) is 0. The highest BCUT2D eigenvalue weighted by Crippen LogP contribution is 2.48. The maximum atomic E-state index is 13.9. The summed E-state index contributed by atoms with van der Waals surface area (Å²) < 4.78 is 7.83. The van der Waals surface area contributed by atoms with Crippen molar-refractivity contribution < 1.29 is 4.74 Å². The molecule has 2 fully saturated rings. The molecule has 1 aromatic heterocycles. The van der Waals surface area contributed by atoms with Crippen molar-refractivity contribution in [3.05, 3.63) is 52.1 Å². The molecule has 0 radical (unpaired) electrons. The number of rotatable bonds is 1. The number of benzene rings is 1. The average molecular weight is 379 g/mol. The van der Waals surface area contributed by atoms with E-state index in [4.69, 9.17) is 9.72 Å². The second-order valence-corrected chi connectivity index (χ2v) is 9.61. The monoisotopic (exact) mass is 378 g/mol. The van der Waals surface area contributed by atoms with Crippen molar-refractivity contribution in [3.63, 3.8) is 0 Å². The molecule has 1 aliphatic heterocycles. The highest BCUT2D eigenvalue weighted by Gasteiger charge is 2.43. The van der Waals surface area contributed by atoms with Crippen LogP contribution in [0.2, 0.25) is 0 Å². The zero-order valence-corrected chi connectivity index (χ0v) is 17.0. The first-order valence-corrected chi connectivity index (χ1v) is 10.8. The van der Waals surface area contributed by atoms with Gasteiger partial charge >= 0.3 is 0 Å². The van der Waals surface area contributed by atoms with Gasteiger partial charge in [-0.25, -0.2) is 4.98 Å². The molecule has 1 spiro atoms. The standard InChI is InChI=1S/C24H30N2O2/c1-23(2)15-18(10-13-28-23)26-16-25-21-19-9-5-4-8-17(19)14-24(20(21)22(26)27)11-6-3-7-12-24/h4-5,8-9,16,18H,3,6-7,10-15H2,1-2H3/t18-/m1/s1. The van der Waals surface area contributed by atoms with Gasteiger partial charge in [-0.2, -0.15) is 0 Å². The third-order valence-corrected chi connectivity index (χ3v) is 7.20. The van der Waals surface area contributed by atoms with Gasteiger partial charge in [0.2, 0.25) is 0 Å². The van der Waals surface area contributed by atoms with Gasteiger partial charge in [-0.3, -0.25) is 9.36 Å². The van der Waals surface area contributed by atoms with Crippen molar-refractivity contribution >= 4 is 0 Å². The number of hydrogen-bond acceptors (Lipinski definition) is 3. The van der Waals surface area contributed by atoms with Gasteiger partial charge in [0.1, 0.15) is 0 Å². The van der Waals surface area contributed by atoms with Crippen LogP contribution >= 0.6 is 0 Å². The van der Waals surface area contributed by atoms with Crippen LogP contribution in [0.25, 0.3) is 11.3 Å². The molecule has 1 aromatic carbocycles. The quantitative estimate of drug-likeness (QED) is 0.716. The van der Waals surface area contributed by atoms with Gasteiger partial charge < -0.3 is 4.74 Å². The SMILES string of the molecule is CC1(C)C[C@H](n2cnc3c(c2=O)C2(CCCCC2)Cc2ccccc2-3)CCO1. The van der Waals surface area contributed by atoms with E-state index in [0.717, 1.165) is 48.9 Å². The Labute approximate surface area is 167 Å². The summed E-state index contributed by atoms with van der Waals surface area (Å²) in [5.74, 6) is 0. The normalized spacial score (nSPS) is 25.1. The minimum atomic E-state index is -0.187. The first kappa shape index (κ1) is 18.1. The summed E-state index contributed by atoms with van der Waals surface area (Å²) in [7, 11) is 0. The first-order valence-electron chi connectivity index (χ1n) is 10.8. The second kappa shape index (κ2) is 6.55. The highest BCUT2D eigenvalue weighted by atomic mass is 16.5. The Bertz CT molecular complexity index is 953. The molecular formula is C24H30N2O2. The zero-order valence-electron chi connectivity index (χ0n) is 17.0. The van der Waals surface area contributed by atoms with E-state index in [-0.39, 0.29) is 22.6 Å². The van der Waals surface area contributed by atoms with Crippen LogP contribution in [0, 0.1) is 0 Å². The van der Waals surface area contributed by atoms with E-state index >= 15 is 0 Å². The minimum absolute atomic E-state index is 0.0320. The van der Waals surface area contributed by atoms with Crippen molar-refractivity contribution in [1.82, 2.24) is 9.55 Å². The van der Waals surface area contributed by atoms with Crippen LogP contribution in [-0.2, 0) is 16.6 Å². The minimum Gasteiger partial charge on any atom is -0.375 e. The lowest BCUT2D eigenvalue weighted by molar-refractivity contribution is -0.0697. The molecule has 3 aliphatic rings. The fraction of sp³-hybridized carbons (Fsp3) is 0.583. The number of fused-ring (bicyclic) bond motifs is 4. The van der Waals surface area contributed by atoms with Gasteiger partial charge in [-0.1, -0.05) is 43.5 Å². The summed E-state index contributed by atoms with van der Waals surface area (Å²) >= 11 is 0. The number of aromatic nitrogens is 2. The molecule has 148 valence electrons.